The zero-order valence-corrected chi connectivity index (χ0v) is 23.0. The van der Waals surface area contributed by atoms with Gasteiger partial charge in [0.1, 0.15) is 6.10 Å². The van der Waals surface area contributed by atoms with Gasteiger partial charge in [-0.25, -0.2) is 4.79 Å². The second-order valence-corrected chi connectivity index (χ2v) is 14.8. The number of carboxylic acids is 1. The molecule has 0 radical (unpaired) electrons. The molecule has 1 aliphatic rings. The van der Waals surface area contributed by atoms with Gasteiger partial charge in [-0.1, -0.05) is 87.5 Å². The summed E-state index contributed by atoms with van der Waals surface area (Å²) in [4.78, 5) is 10.6. The maximum absolute atomic E-state index is 11.0. The van der Waals surface area contributed by atoms with E-state index in [0.717, 1.165) is 6.08 Å². The van der Waals surface area contributed by atoms with Gasteiger partial charge in [0.15, 0.2) is 6.29 Å². The number of hydrogen-bond donors (Lipinski definition) is 2. The highest BCUT2D eigenvalue weighted by atomic mass is 28.4. The number of allylic oxidation sites excluding steroid dienone is 1. The molecule has 196 valence electrons. The van der Waals surface area contributed by atoms with Crippen LogP contribution in [0.15, 0.2) is 72.8 Å². The molecule has 2 aromatic rings. The normalized spacial score (nSPS) is 24.1. The van der Waals surface area contributed by atoms with E-state index in [4.69, 9.17) is 19.0 Å². The molecule has 3 rings (SSSR count). The van der Waals surface area contributed by atoms with Crippen LogP contribution in [-0.2, 0) is 18.7 Å². The largest absolute Gasteiger partial charge is 0.478 e. The monoisotopic (exact) mass is 512 g/mol. The number of carboxylic acid groups (broad SMARTS) is 1. The van der Waals surface area contributed by atoms with Crippen LogP contribution in [0.2, 0.25) is 5.04 Å². The fourth-order valence-corrected chi connectivity index (χ4v) is 9.68. The molecule has 1 aliphatic heterocycles. The predicted octanol–water partition coefficient (Wildman–Crippen LogP) is 4.25. The standard InChI is InChI=1S/C29H40O6Si/c1-21(14-12-13-19-27(31)32)33-28-25(30)20-26(22(2)34-28)35-36(29(3,4)5,23-15-8-6-9-16-23)24-17-10-7-11-18-24/h6-11,13,15-19,21-22,25-26,28,30H,12,14,20H2,1-5H3,(H,31,32)/t21?,22-,25+,26+,28+/m0/s1. The van der Waals surface area contributed by atoms with Crippen molar-refractivity contribution < 1.29 is 28.9 Å². The zero-order valence-electron chi connectivity index (χ0n) is 22.0. The third-order valence-corrected chi connectivity index (χ3v) is 11.8. The van der Waals surface area contributed by atoms with Gasteiger partial charge in [0, 0.05) is 12.5 Å². The first-order valence-electron chi connectivity index (χ1n) is 12.7. The maximum atomic E-state index is 11.0. The summed E-state index contributed by atoms with van der Waals surface area (Å²) in [7, 11) is -2.78. The fraction of sp³-hybridized carbons (Fsp3) is 0.483. The lowest BCUT2D eigenvalue weighted by Gasteiger charge is -2.48. The lowest BCUT2D eigenvalue weighted by atomic mass is 10.0. The van der Waals surface area contributed by atoms with Gasteiger partial charge in [0.2, 0.25) is 0 Å². The molecule has 2 aromatic carbocycles. The first-order valence-corrected chi connectivity index (χ1v) is 14.6. The van der Waals surface area contributed by atoms with Crippen LogP contribution in [0.1, 0.15) is 53.9 Å². The number of carbonyl (C=O) groups is 1. The van der Waals surface area contributed by atoms with Gasteiger partial charge in [-0.2, -0.15) is 0 Å². The summed E-state index contributed by atoms with van der Waals surface area (Å²) in [6, 6.07) is 20.9. The lowest BCUT2D eigenvalue weighted by molar-refractivity contribution is -0.271. The van der Waals surface area contributed by atoms with Gasteiger partial charge in [0.05, 0.1) is 18.3 Å². The summed E-state index contributed by atoms with van der Waals surface area (Å²) in [6.07, 6.45) is 1.99. The Morgan fingerprint density at radius 3 is 2.17 bits per heavy atom. The smallest absolute Gasteiger partial charge is 0.327 e. The van der Waals surface area contributed by atoms with E-state index in [1.807, 2.05) is 26.0 Å². The number of rotatable bonds is 10. The Balaban J connectivity index is 1.80. The van der Waals surface area contributed by atoms with Crippen LogP contribution in [0, 0.1) is 0 Å². The number of aliphatic carboxylic acids is 1. The minimum absolute atomic E-state index is 0.175. The molecule has 36 heavy (non-hydrogen) atoms. The molecule has 1 unspecified atom stereocenters. The summed E-state index contributed by atoms with van der Waals surface area (Å²) >= 11 is 0. The van der Waals surface area contributed by atoms with Crippen molar-refractivity contribution in [2.75, 3.05) is 0 Å². The van der Waals surface area contributed by atoms with Gasteiger partial charge in [-0.05, 0) is 42.1 Å². The Kier molecular flexibility index (Phi) is 9.66. The van der Waals surface area contributed by atoms with E-state index in [-0.39, 0.29) is 23.4 Å². The second-order valence-electron chi connectivity index (χ2n) is 10.6. The minimum Gasteiger partial charge on any atom is -0.478 e. The van der Waals surface area contributed by atoms with Crippen molar-refractivity contribution in [3.05, 3.63) is 72.8 Å². The molecule has 1 heterocycles. The van der Waals surface area contributed by atoms with E-state index in [1.54, 1.807) is 6.08 Å². The summed E-state index contributed by atoms with van der Waals surface area (Å²) in [5.74, 6) is -0.963. The SMILES string of the molecule is CC(CCC=CC(=O)O)O[C@@H]1O[C@@H](C)[C@H](O[Si](c2ccccc2)(c2ccccc2)C(C)(C)C)C[C@H]1O. The van der Waals surface area contributed by atoms with Crippen molar-refractivity contribution in [2.45, 2.75) is 89.6 Å². The Morgan fingerprint density at radius 2 is 1.67 bits per heavy atom. The zero-order chi connectivity index (χ0) is 26.3. The molecule has 0 aromatic heterocycles. The van der Waals surface area contributed by atoms with Crippen LogP contribution >= 0.6 is 0 Å². The van der Waals surface area contributed by atoms with E-state index < -0.39 is 26.7 Å². The molecule has 0 amide bonds. The van der Waals surface area contributed by atoms with E-state index >= 15 is 0 Å². The molecule has 0 aliphatic carbocycles. The average Bonchev–Trinajstić information content (AvgIpc) is 2.83. The molecule has 0 bridgehead atoms. The second kappa shape index (κ2) is 12.3. The molecule has 0 spiro atoms. The fourth-order valence-electron chi connectivity index (χ4n) is 4.93. The maximum Gasteiger partial charge on any atom is 0.327 e. The molecule has 1 saturated heterocycles. The number of aliphatic hydroxyl groups is 1. The molecule has 2 N–H and O–H groups in total. The molecular weight excluding hydrogens is 472 g/mol. The quantitative estimate of drug-likeness (QED) is 0.366. The summed E-state index contributed by atoms with van der Waals surface area (Å²) in [5.41, 5.74) is 0. The number of aliphatic hydroxyl groups excluding tert-OH is 1. The highest BCUT2D eigenvalue weighted by molar-refractivity contribution is 6.99. The van der Waals surface area contributed by atoms with Crippen molar-refractivity contribution >= 4 is 24.7 Å². The van der Waals surface area contributed by atoms with Crippen LogP contribution < -0.4 is 10.4 Å². The van der Waals surface area contributed by atoms with Crippen molar-refractivity contribution in [1.82, 2.24) is 0 Å². The van der Waals surface area contributed by atoms with Crippen molar-refractivity contribution in [3.63, 3.8) is 0 Å². The van der Waals surface area contributed by atoms with Gasteiger partial charge in [-0.3, -0.25) is 0 Å². The van der Waals surface area contributed by atoms with Crippen LogP contribution in [-0.4, -0.2) is 55.2 Å². The summed E-state index contributed by atoms with van der Waals surface area (Å²) in [6.45, 7) is 10.6. The topological polar surface area (TPSA) is 85.2 Å². The molecule has 7 heteroatoms. The van der Waals surface area contributed by atoms with Crippen molar-refractivity contribution in [2.24, 2.45) is 0 Å². The molecular formula is C29H40O6Si. The van der Waals surface area contributed by atoms with Crippen LogP contribution in [0.3, 0.4) is 0 Å². The van der Waals surface area contributed by atoms with Crippen LogP contribution in [0.4, 0.5) is 0 Å². The first-order chi connectivity index (χ1) is 17.0. The summed E-state index contributed by atoms with van der Waals surface area (Å²) in [5, 5.41) is 21.9. The highest BCUT2D eigenvalue weighted by Gasteiger charge is 2.53. The van der Waals surface area contributed by atoms with E-state index in [9.17, 15) is 9.90 Å². The number of ether oxygens (including phenoxy) is 2. The van der Waals surface area contributed by atoms with E-state index in [2.05, 4.69) is 69.3 Å². The van der Waals surface area contributed by atoms with Crippen LogP contribution in [0.25, 0.3) is 0 Å². The number of benzene rings is 2. The lowest BCUT2D eigenvalue weighted by Crippen LogP contribution is -2.69. The first kappa shape index (κ1) is 28.3. The van der Waals surface area contributed by atoms with Crippen LogP contribution in [0.5, 0.6) is 0 Å². The predicted molar refractivity (Wildman–Crippen MR) is 144 cm³/mol. The van der Waals surface area contributed by atoms with Gasteiger partial charge < -0.3 is 24.1 Å². The Hall–Kier alpha value is -2.29. The minimum atomic E-state index is -2.78. The molecule has 1 fully saturated rings. The van der Waals surface area contributed by atoms with Gasteiger partial charge >= 0.3 is 5.97 Å². The highest BCUT2D eigenvalue weighted by Crippen LogP contribution is 2.39. The number of hydrogen-bond acceptors (Lipinski definition) is 5. The third-order valence-electron chi connectivity index (χ3n) is 6.77. The van der Waals surface area contributed by atoms with Gasteiger partial charge in [0.25, 0.3) is 8.32 Å². The molecule has 5 atom stereocenters. The molecule has 6 nitrogen and oxygen atoms in total. The molecule has 0 saturated carbocycles. The third kappa shape index (κ3) is 6.72. The van der Waals surface area contributed by atoms with Crippen molar-refractivity contribution in [1.29, 1.82) is 0 Å². The Bertz CT molecular complexity index is 948. The van der Waals surface area contributed by atoms with E-state index in [0.29, 0.717) is 19.3 Å². The van der Waals surface area contributed by atoms with Crippen molar-refractivity contribution in [3.8, 4) is 0 Å². The summed E-state index contributed by atoms with van der Waals surface area (Å²) < 4.78 is 19.4. The Morgan fingerprint density at radius 1 is 1.11 bits per heavy atom. The van der Waals surface area contributed by atoms with Gasteiger partial charge in [-0.15, -0.1) is 0 Å². The Labute approximate surface area is 216 Å². The average molecular weight is 513 g/mol. The van der Waals surface area contributed by atoms with E-state index in [1.165, 1.54) is 10.4 Å².